The molecule has 2 aromatic carbocycles. The maximum atomic E-state index is 14.3. The molecule has 1 aliphatic heterocycles. The third-order valence-electron chi connectivity index (χ3n) is 6.79. The second-order valence-electron chi connectivity index (χ2n) is 9.42. The van der Waals surface area contributed by atoms with Crippen molar-refractivity contribution < 1.29 is 23.5 Å². The number of carbonyl (C=O) groups excluding carboxylic acids is 2. The molecule has 3 heterocycles. The summed E-state index contributed by atoms with van der Waals surface area (Å²) in [7, 11) is 1.52. The smallest absolute Gasteiger partial charge is 0.334 e. The van der Waals surface area contributed by atoms with Gasteiger partial charge in [-0.15, -0.1) is 11.3 Å². The first-order valence-electron chi connectivity index (χ1n) is 13.0. The number of hydrogen-bond donors (Lipinski definition) is 3. The Morgan fingerprint density at radius 3 is 2.55 bits per heavy atom. The third-order valence-corrected chi connectivity index (χ3v) is 8.08. The van der Waals surface area contributed by atoms with Gasteiger partial charge in [-0.2, -0.15) is 0 Å². The predicted molar refractivity (Wildman–Crippen MR) is 157 cm³/mol. The SMILES string of the molecule is CNc1cc2[nH]c(=O)n(-c3ccc(C(=O)NC(C(=O)OCCN4CCOCC4)c4ccc(Cl)s4)cc3)c(=O)c2cc1F. The normalized spacial score (nSPS) is 14.5. The van der Waals surface area contributed by atoms with Gasteiger partial charge in [0.15, 0.2) is 6.04 Å². The van der Waals surface area contributed by atoms with Crippen molar-refractivity contribution >= 4 is 51.4 Å². The molecule has 0 radical (unpaired) electrons. The van der Waals surface area contributed by atoms with Crippen molar-refractivity contribution in [1.29, 1.82) is 0 Å². The van der Waals surface area contributed by atoms with Crippen LogP contribution < -0.4 is 21.9 Å². The quantitative estimate of drug-likeness (QED) is 0.245. The van der Waals surface area contributed by atoms with Crippen molar-refractivity contribution in [1.82, 2.24) is 19.8 Å². The molecule has 1 atom stereocenters. The van der Waals surface area contributed by atoms with Gasteiger partial charge in [-0.25, -0.2) is 18.5 Å². The van der Waals surface area contributed by atoms with E-state index in [0.717, 1.165) is 35.1 Å². The lowest BCUT2D eigenvalue weighted by atomic mass is 10.1. The molecule has 1 fully saturated rings. The average Bonchev–Trinajstić information content (AvgIpc) is 3.42. The second kappa shape index (κ2) is 12.9. The molecule has 220 valence electrons. The second-order valence-corrected chi connectivity index (χ2v) is 11.2. The van der Waals surface area contributed by atoms with Crippen LogP contribution in [-0.2, 0) is 14.3 Å². The number of anilines is 1. The number of morpholine rings is 1. The molecule has 4 aromatic rings. The fraction of sp³-hybridized carbons (Fsp3) is 0.286. The van der Waals surface area contributed by atoms with E-state index >= 15 is 0 Å². The molecule has 42 heavy (non-hydrogen) atoms. The first-order valence-corrected chi connectivity index (χ1v) is 14.2. The molecule has 1 unspecified atom stereocenters. The summed E-state index contributed by atoms with van der Waals surface area (Å²) >= 11 is 7.23. The van der Waals surface area contributed by atoms with Gasteiger partial charge in [0.25, 0.3) is 11.5 Å². The topological polar surface area (TPSA) is 135 Å². The van der Waals surface area contributed by atoms with E-state index in [2.05, 4.69) is 20.5 Å². The minimum Gasteiger partial charge on any atom is -0.463 e. The monoisotopic (exact) mass is 615 g/mol. The predicted octanol–water partition coefficient (Wildman–Crippen LogP) is 2.92. The molecular weight excluding hydrogens is 589 g/mol. The molecule has 1 amide bonds. The highest BCUT2D eigenvalue weighted by Crippen LogP contribution is 2.28. The molecule has 0 bridgehead atoms. The number of fused-ring (bicyclic) bond motifs is 1. The number of H-pyrrole nitrogens is 1. The Kier molecular flexibility index (Phi) is 9.02. The number of halogens is 2. The largest absolute Gasteiger partial charge is 0.463 e. The molecule has 5 rings (SSSR count). The van der Waals surface area contributed by atoms with Crippen LogP contribution >= 0.6 is 22.9 Å². The average molecular weight is 616 g/mol. The number of amides is 1. The lowest BCUT2D eigenvalue weighted by Crippen LogP contribution is -2.39. The molecule has 11 nitrogen and oxygen atoms in total. The number of nitrogens with one attached hydrogen (secondary N) is 3. The summed E-state index contributed by atoms with van der Waals surface area (Å²) in [5.41, 5.74) is -0.798. The molecule has 1 aliphatic rings. The zero-order valence-electron chi connectivity index (χ0n) is 22.4. The number of carbonyl (C=O) groups is 2. The molecule has 3 N–H and O–H groups in total. The Morgan fingerprint density at radius 2 is 1.88 bits per heavy atom. The van der Waals surface area contributed by atoms with Crippen LogP contribution in [0.25, 0.3) is 16.6 Å². The van der Waals surface area contributed by atoms with Crippen LogP contribution in [0, 0.1) is 5.82 Å². The minimum absolute atomic E-state index is 0.0162. The van der Waals surface area contributed by atoms with E-state index < -0.39 is 35.0 Å². The molecule has 2 aromatic heterocycles. The van der Waals surface area contributed by atoms with Gasteiger partial charge in [-0.3, -0.25) is 14.5 Å². The van der Waals surface area contributed by atoms with Gasteiger partial charge in [0.2, 0.25) is 0 Å². The van der Waals surface area contributed by atoms with Gasteiger partial charge in [0.1, 0.15) is 12.4 Å². The minimum atomic E-state index is -1.09. The van der Waals surface area contributed by atoms with E-state index in [1.54, 1.807) is 12.1 Å². The Hall–Kier alpha value is -4.04. The van der Waals surface area contributed by atoms with E-state index in [0.29, 0.717) is 29.0 Å². The molecule has 0 spiro atoms. The molecule has 14 heteroatoms. The Bertz CT molecular complexity index is 1730. The van der Waals surface area contributed by atoms with Crippen LogP contribution in [0.3, 0.4) is 0 Å². The van der Waals surface area contributed by atoms with Gasteiger partial charge >= 0.3 is 11.7 Å². The Labute approximate surface area is 247 Å². The third kappa shape index (κ3) is 6.39. The van der Waals surface area contributed by atoms with Gasteiger partial charge in [0, 0.05) is 37.1 Å². The van der Waals surface area contributed by atoms with Crippen LogP contribution in [0.1, 0.15) is 21.3 Å². The summed E-state index contributed by atoms with van der Waals surface area (Å²) in [6.45, 7) is 3.44. The first kappa shape index (κ1) is 29.5. The van der Waals surface area contributed by atoms with Crippen molar-refractivity contribution in [3.05, 3.63) is 90.0 Å². The number of nitrogens with zero attached hydrogens (tertiary/aromatic N) is 2. The van der Waals surface area contributed by atoms with Crippen molar-refractivity contribution in [2.75, 3.05) is 51.8 Å². The van der Waals surface area contributed by atoms with Gasteiger partial charge in [-0.05, 0) is 48.5 Å². The standard InChI is InChI=1S/C28H27ClFN5O6S/c1-31-21-15-20-18(14-19(21)30)26(37)35(28(39)32-20)17-4-2-16(3-5-17)25(36)33-24(22-6-7-23(29)42-22)27(38)41-13-10-34-8-11-40-12-9-34/h2-7,14-15,24,31H,8-13H2,1H3,(H,32,39)(H,33,36). The highest BCUT2D eigenvalue weighted by Gasteiger charge is 2.27. The first-order chi connectivity index (χ1) is 20.2. The van der Waals surface area contributed by atoms with Gasteiger partial charge < -0.3 is 25.1 Å². The summed E-state index contributed by atoms with van der Waals surface area (Å²) in [6.07, 6.45) is 0. The summed E-state index contributed by atoms with van der Waals surface area (Å²) in [4.78, 5) is 57.3. The lowest BCUT2D eigenvalue weighted by molar-refractivity contribution is -0.146. The van der Waals surface area contributed by atoms with Gasteiger partial charge in [-0.1, -0.05) is 11.6 Å². The number of benzene rings is 2. The Balaban J connectivity index is 1.33. The number of rotatable bonds is 9. The summed E-state index contributed by atoms with van der Waals surface area (Å²) in [5.74, 6) is -1.86. The lowest BCUT2D eigenvalue weighted by Gasteiger charge is -2.26. The van der Waals surface area contributed by atoms with Gasteiger partial charge in [0.05, 0.1) is 39.8 Å². The molecule has 0 saturated carbocycles. The van der Waals surface area contributed by atoms with E-state index in [4.69, 9.17) is 21.1 Å². The number of aromatic nitrogens is 2. The van der Waals surface area contributed by atoms with Crippen LogP contribution in [0.2, 0.25) is 4.34 Å². The fourth-order valence-electron chi connectivity index (χ4n) is 4.55. The highest BCUT2D eigenvalue weighted by atomic mass is 35.5. The zero-order valence-corrected chi connectivity index (χ0v) is 24.0. The van der Waals surface area contributed by atoms with Crippen molar-refractivity contribution in [3.8, 4) is 5.69 Å². The highest BCUT2D eigenvalue weighted by molar-refractivity contribution is 7.16. The van der Waals surface area contributed by atoms with Crippen LogP contribution in [0.5, 0.6) is 0 Å². The number of ether oxygens (including phenoxy) is 2. The number of hydrogen-bond acceptors (Lipinski definition) is 9. The van der Waals surface area contributed by atoms with Crippen LogP contribution in [0.15, 0.2) is 58.1 Å². The van der Waals surface area contributed by atoms with E-state index in [1.165, 1.54) is 37.4 Å². The summed E-state index contributed by atoms with van der Waals surface area (Å²) in [6, 6.07) is 10.2. The molecule has 0 aliphatic carbocycles. The van der Waals surface area contributed by atoms with Crippen molar-refractivity contribution in [2.24, 2.45) is 0 Å². The zero-order chi connectivity index (χ0) is 29.8. The Morgan fingerprint density at radius 1 is 1.14 bits per heavy atom. The van der Waals surface area contributed by atoms with E-state index in [9.17, 15) is 23.6 Å². The summed E-state index contributed by atoms with van der Waals surface area (Å²) < 4.78 is 26.4. The number of thiophene rings is 1. The number of aromatic amines is 1. The van der Waals surface area contributed by atoms with Crippen molar-refractivity contribution in [3.63, 3.8) is 0 Å². The number of esters is 1. The van der Waals surface area contributed by atoms with Crippen LogP contribution in [-0.4, -0.2) is 72.8 Å². The maximum absolute atomic E-state index is 14.3. The maximum Gasteiger partial charge on any atom is 0.334 e. The van der Waals surface area contributed by atoms with E-state index in [-0.39, 0.29) is 34.4 Å². The van der Waals surface area contributed by atoms with E-state index in [1.807, 2.05) is 0 Å². The fourth-order valence-corrected chi connectivity index (χ4v) is 5.65. The van der Waals surface area contributed by atoms with Crippen molar-refractivity contribution in [2.45, 2.75) is 6.04 Å². The van der Waals surface area contributed by atoms with Crippen LogP contribution in [0.4, 0.5) is 10.1 Å². The summed E-state index contributed by atoms with van der Waals surface area (Å²) in [5, 5.41) is 5.34. The molecular formula is C28H27ClFN5O6S. The molecule has 1 saturated heterocycles.